The molecule has 194 valence electrons. The average molecular weight is 526 g/mol. The lowest BCUT2D eigenvalue weighted by Crippen LogP contribution is -2.75. The predicted molar refractivity (Wildman–Crippen MR) is 140 cm³/mol. The molecule has 4 N–H and O–H groups in total. The topological polar surface area (TPSA) is 135 Å². The van der Waals surface area contributed by atoms with Crippen molar-refractivity contribution in [2.24, 2.45) is 5.92 Å². The molecule has 1 fully saturated rings. The number of pyridine rings is 1. The Bertz CT molecular complexity index is 1440. The highest BCUT2D eigenvalue weighted by atomic mass is 35.5. The van der Waals surface area contributed by atoms with E-state index in [1.54, 1.807) is 43.3 Å². The maximum atomic E-state index is 13.8. The SMILES string of the molecule is Cc1cc(=O)[nH]c2cc(NC3(C)NC(=O)N([C@@H](C)[C@@H](C)C(=O)O)C(=O)N3Cc3ccc(Cl)cc3)ccc12. The third kappa shape index (κ3) is 5.10. The third-order valence-electron chi connectivity index (χ3n) is 6.76. The quantitative estimate of drug-likeness (QED) is 0.362. The van der Waals surface area contributed by atoms with E-state index in [0.717, 1.165) is 21.4 Å². The number of anilines is 1. The van der Waals surface area contributed by atoms with E-state index in [2.05, 4.69) is 15.6 Å². The van der Waals surface area contributed by atoms with Crippen LogP contribution in [0.15, 0.2) is 53.3 Å². The number of aromatic nitrogens is 1. The molecule has 10 nitrogen and oxygen atoms in total. The molecule has 4 rings (SSSR count). The molecule has 1 saturated heterocycles. The second-order valence-electron chi connectivity index (χ2n) is 9.44. The van der Waals surface area contributed by atoms with Gasteiger partial charge in [0.25, 0.3) is 0 Å². The van der Waals surface area contributed by atoms with E-state index in [4.69, 9.17) is 11.6 Å². The van der Waals surface area contributed by atoms with E-state index in [1.165, 1.54) is 24.8 Å². The molecule has 37 heavy (non-hydrogen) atoms. The number of aryl methyl sites for hydroxylation is 1. The number of nitrogens with one attached hydrogen (secondary N) is 3. The van der Waals surface area contributed by atoms with Crippen LogP contribution >= 0.6 is 11.6 Å². The molecule has 0 spiro atoms. The monoisotopic (exact) mass is 525 g/mol. The van der Waals surface area contributed by atoms with Crippen molar-refractivity contribution < 1.29 is 19.5 Å². The lowest BCUT2D eigenvalue weighted by atomic mass is 10.0. The molecule has 3 aromatic rings. The van der Waals surface area contributed by atoms with Gasteiger partial charge in [-0.15, -0.1) is 0 Å². The number of carboxylic acid groups (broad SMARTS) is 1. The van der Waals surface area contributed by atoms with Gasteiger partial charge >= 0.3 is 18.0 Å². The van der Waals surface area contributed by atoms with Crippen LogP contribution < -0.4 is 16.2 Å². The van der Waals surface area contributed by atoms with E-state index in [1.807, 2.05) is 13.0 Å². The molecule has 1 aliphatic rings. The summed E-state index contributed by atoms with van der Waals surface area (Å²) in [7, 11) is 0. The number of nitrogens with zero attached hydrogens (tertiary/aromatic N) is 2. The van der Waals surface area contributed by atoms with Crippen LogP contribution in [0.2, 0.25) is 5.02 Å². The molecule has 1 unspecified atom stereocenters. The number of carbonyl (C=O) groups excluding carboxylic acids is 2. The highest BCUT2D eigenvalue weighted by Crippen LogP contribution is 2.29. The summed E-state index contributed by atoms with van der Waals surface area (Å²) in [4.78, 5) is 55.7. The number of carboxylic acids is 1. The van der Waals surface area contributed by atoms with Crippen LogP contribution in [0.5, 0.6) is 0 Å². The summed E-state index contributed by atoms with van der Waals surface area (Å²) < 4.78 is 0. The number of urea groups is 2. The lowest BCUT2D eigenvalue weighted by Gasteiger charge is -2.50. The van der Waals surface area contributed by atoms with Crippen LogP contribution in [-0.2, 0) is 11.3 Å². The zero-order chi connectivity index (χ0) is 27.1. The van der Waals surface area contributed by atoms with Crippen molar-refractivity contribution in [3.05, 3.63) is 75.0 Å². The van der Waals surface area contributed by atoms with Crippen LogP contribution in [-0.4, -0.2) is 49.8 Å². The van der Waals surface area contributed by atoms with Gasteiger partial charge in [-0.3, -0.25) is 19.8 Å². The fourth-order valence-corrected chi connectivity index (χ4v) is 4.55. The van der Waals surface area contributed by atoms with E-state index in [-0.39, 0.29) is 12.1 Å². The first-order valence-electron chi connectivity index (χ1n) is 11.7. The third-order valence-corrected chi connectivity index (χ3v) is 7.01. The van der Waals surface area contributed by atoms with Crippen LogP contribution in [0, 0.1) is 12.8 Å². The summed E-state index contributed by atoms with van der Waals surface area (Å²) in [5, 5.41) is 16.9. The second-order valence-corrected chi connectivity index (χ2v) is 9.87. The number of aromatic amines is 1. The zero-order valence-electron chi connectivity index (χ0n) is 20.8. The molecule has 0 bridgehead atoms. The first-order chi connectivity index (χ1) is 17.4. The Kier molecular flexibility index (Phi) is 6.88. The maximum Gasteiger partial charge on any atom is 0.332 e. The van der Waals surface area contributed by atoms with Gasteiger partial charge in [-0.1, -0.05) is 29.8 Å². The van der Waals surface area contributed by atoms with Crippen molar-refractivity contribution in [1.29, 1.82) is 0 Å². The van der Waals surface area contributed by atoms with Crippen molar-refractivity contribution >= 4 is 46.2 Å². The van der Waals surface area contributed by atoms with E-state index >= 15 is 0 Å². The number of H-pyrrole nitrogens is 1. The minimum absolute atomic E-state index is 0.0912. The van der Waals surface area contributed by atoms with Gasteiger partial charge in [0, 0.05) is 22.2 Å². The van der Waals surface area contributed by atoms with Gasteiger partial charge in [0.15, 0.2) is 5.79 Å². The highest BCUT2D eigenvalue weighted by molar-refractivity contribution is 6.30. The van der Waals surface area contributed by atoms with Gasteiger partial charge in [0.05, 0.1) is 24.0 Å². The molecule has 1 aliphatic heterocycles. The fraction of sp³-hybridized carbons (Fsp3) is 0.308. The molecule has 4 amide bonds. The van der Waals surface area contributed by atoms with Gasteiger partial charge in [-0.2, -0.15) is 0 Å². The minimum atomic E-state index is -1.39. The first-order valence-corrected chi connectivity index (χ1v) is 12.1. The number of amides is 4. The van der Waals surface area contributed by atoms with E-state index in [9.17, 15) is 24.3 Å². The van der Waals surface area contributed by atoms with Crippen LogP contribution in [0.25, 0.3) is 10.9 Å². The number of fused-ring (bicyclic) bond motifs is 1. The van der Waals surface area contributed by atoms with Crippen LogP contribution in [0.4, 0.5) is 15.3 Å². The van der Waals surface area contributed by atoms with Crippen molar-refractivity contribution in [1.82, 2.24) is 20.1 Å². The molecule has 2 heterocycles. The normalized spacial score (nSPS) is 19.5. The zero-order valence-corrected chi connectivity index (χ0v) is 21.6. The molecular weight excluding hydrogens is 498 g/mol. The summed E-state index contributed by atoms with van der Waals surface area (Å²) in [6, 6.07) is 11.5. The Hall–Kier alpha value is -4.05. The number of hydrogen-bond donors (Lipinski definition) is 4. The minimum Gasteiger partial charge on any atom is -0.481 e. The van der Waals surface area contributed by atoms with Crippen molar-refractivity contribution in [2.45, 2.75) is 46.1 Å². The van der Waals surface area contributed by atoms with Crippen LogP contribution in [0.1, 0.15) is 31.9 Å². The number of rotatable bonds is 7. The molecule has 0 aliphatic carbocycles. The Balaban J connectivity index is 1.74. The predicted octanol–water partition coefficient (Wildman–Crippen LogP) is 4.33. The second kappa shape index (κ2) is 9.78. The van der Waals surface area contributed by atoms with Gasteiger partial charge < -0.3 is 15.4 Å². The lowest BCUT2D eigenvalue weighted by molar-refractivity contribution is -0.142. The Labute approximate surface area is 218 Å². The van der Waals surface area contributed by atoms with E-state index in [0.29, 0.717) is 16.2 Å². The Morgan fingerprint density at radius 1 is 1.11 bits per heavy atom. The summed E-state index contributed by atoms with van der Waals surface area (Å²) in [5.74, 6) is -3.50. The number of carbonyl (C=O) groups is 3. The smallest absolute Gasteiger partial charge is 0.332 e. The van der Waals surface area contributed by atoms with E-state index < -0.39 is 35.8 Å². The molecule has 11 heteroatoms. The number of benzene rings is 2. The first kappa shape index (κ1) is 26.0. The highest BCUT2D eigenvalue weighted by Gasteiger charge is 2.49. The standard InChI is InChI=1S/C26H28ClN5O5/c1-14-11-22(33)28-21-12-19(9-10-20(14)21)29-26(4)30-24(36)32(16(3)15(2)23(34)35)25(37)31(26)13-17-5-7-18(27)8-6-17/h5-12,15-16,29H,13H2,1-4H3,(H,28,33)(H,30,36)(H,34,35)/t15-,16+,26?/m1/s1. The molecule has 0 radical (unpaired) electrons. The van der Waals surface area contributed by atoms with Crippen molar-refractivity contribution in [2.75, 3.05) is 5.32 Å². The fourth-order valence-electron chi connectivity index (χ4n) is 4.42. The Morgan fingerprint density at radius 2 is 1.78 bits per heavy atom. The molecular formula is C26H28ClN5O5. The van der Waals surface area contributed by atoms with Crippen molar-refractivity contribution in [3.63, 3.8) is 0 Å². The summed E-state index contributed by atoms with van der Waals surface area (Å²) in [6.07, 6.45) is 0. The Morgan fingerprint density at radius 3 is 2.43 bits per heavy atom. The number of hydrogen-bond acceptors (Lipinski definition) is 5. The number of halogens is 1. The molecule has 1 aromatic heterocycles. The summed E-state index contributed by atoms with van der Waals surface area (Å²) in [5.41, 5.74) is 2.47. The average Bonchev–Trinajstić information content (AvgIpc) is 2.81. The van der Waals surface area contributed by atoms with Gasteiger partial charge in [-0.25, -0.2) is 14.5 Å². The number of imide groups is 1. The summed E-state index contributed by atoms with van der Waals surface area (Å²) in [6.45, 7) is 6.54. The largest absolute Gasteiger partial charge is 0.481 e. The molecule has 2 aromatic carbocycles. The van der Waals surface area contributed by atoms with Crippen molar-refractivity contribution in [3.8, 4) is 0 Å². The van der Waals surface area contributed by atoms with Crippen LogP contribution in [0.3, 0.4) is 0 Å². The summed E-state index contributed by atoms with van der Waals surface area (Å²) >= 11 is 6.03. The molecule has 3 atom stereocenters. The molecule has 0 saturated carbocycles. The van der Waals surface area contributed by atoms with Gasteiger partial charge in [0.2, 0.25) is 5.56 Å². The number of aliphatic carboxylic acids is 1. The van der Waals surface area contributed by atoms with Gasteiger partial charge in [0.1, 0.15) is 0 Å². The maximum absolute atomic E-state index is 13.8. The van der Waals surface area contributed by atoms with Gasteiger partial charge in [-0.05, 0) is 63.1 Å².